The van der Waals surface area contributed by atoms with E-state index in [0.29, 0.717) is 13.1 Å². The van der Waals surface area contributed by atoms with Gasteiger partial charge >= 0.3 is 6.18 Å². The van der Waals surface area contributed by atoms with Gasteiger partial charge in [0.15, 0.2) is 0 Å². The Kier molecular flexibility index (Phi) is 6.84. The van der Waals surface area contributed by atoms with Gasteiger partial charge in [-0.15, -0.1) is 0 Å². The van der Waals surface area contributed by atoms with Crippen LogP contribution in [0, 0.1) is 0 Å². The predicted octanol–water partition coefficient (Wildman–Crippen LogP) is 4.52. The van der Waals surface area contributed by atoms with Gasteiger partial charge in [0.1, 0.15) is 0 Å². The molecule has 0 aliphatic heterocycles. The molecule has 134 valence electrons. The summed E-state index contributed by atoms with van der Waals surface area (Å²) in [6.45, 7) is 1.14. The molecule has 1 amide bonds. The SMILES string of the molecule is O=C(CCNCCc1ccccc1)Nc1cc(C(F)(F)F)ccc1Cl. The number of hydrogen-bond donors (Lipinski definition) is 2. The van der Waals surface area contributed by atoms with Crippen LogP contribution in [-0.2, 0) is 17.4 Å². The smallest absolute Gasteiger partial charge is 0.325 e. The molecule has 0 heterocycles. The highest BCUT2D eigenvalue weighted by molar-refractivity contribution is 6.33. The van der Waals surface area contributed by atoms with Gasteiger partial charge in [-0.05, 0) is 36.7 Å². The maximum absolute atomic E-state index is 12.7. The molecule has 2 N–H and O–H groups in total. The summed E-state index contributed by atoms with van der Waals surface area (Å²) < 4.78 is 38.1. The van der Waals surface area contributed by atoms with Crippen molar-refractivity contribution < 1.29 is 18.0 Å². The number of benzene rings is 2. The van der Waals surface area contributed by atoms with E-state index >= 15 is 0 Å². The Morgan fingerprint density at radius 3 is 2.44 bits per heavy atom. The van der Waals surface area contributed by atoms with E-state index in [1.807, 2.05) is 30.3 Å². The molecule has 0 saturated heterocycles. The first kappa shape index (κ1) is 19.3. The largest absolute Gasteiger partial charge is 0.416 e. The van der Waals surface area contributed by atoms with Gasteiger partial charge in [-0.3, -0.25) is 4.79 Å². The number of carbonyl (C=O) groups is 1. The van der Waals surface area contributed by atoms with Crippen molar-refractivity contribution in [3.8, 4) is 0 Å². The molecule has 0 saturated carbocycles. The second kappa shape index (κ2) is 8.87. The number of carbonyl (C=O) groups excluding carboxylic acids is 1. The summed E-state index contributed by atoms with van der Waals surface area (Å²) >= 11 is 5.84. The molecule has 0 bridgehead atoms. The Hall–Kier alpha value is -2.05. The Balaban J connectivity index is 1.77. The average molecular weight is 371 g/mol. The molecule has 0 aliphatic rings. The minimum absolute atomic E-state index is 0.0363. The van der Waals surface area contributed by atoms with Gasteiger partial charge in [0.25, 0.3) is 0 Å². The molecule has 0 fully saturated rings. The summed E-state index contributed by atoms with van der Waals surface area (Å²) in [5.41, 5.74) is 0.300. The fourth-order valence-electron chi connectivity index (χ4n) is 2.21. The van der Waals surface area contributed by atoms with Crippen LogP contribution in [0.3, 0.4) is 0 Å². The molecule has 0 unspecified atom stereocenters. The minimum atomic E-state index is -4.48. The van der Waals surface area contributed by atoms with Gasteiger partial charge in [-0.2, -0.15) is 13.2 Å². The number of rotatable bonds is 7. The Bertz CT molecular complexity index is 705. The molecule has 0 aromatic heterocycles. The number of amides is 1. The molecule has 0 radical (unpaired) electrons. The third-order valence-electron chi connectivity index (χ3n) is 3.53. The van der Waals surface area contributed by atoms with Crippen LogP contribution in [0.2, 0.25) is 5.02 Å². The van der Waals surface area contributed by atoms with Gasteiger partial charge in [0.05, 0.1) is 16.3 Å². The van der Waals surface area contributed by atoms with Crippen LogP contribution in [0.25, 0.3) is 0 Å². The first-order valence-corrected chi connectivity index (χ1v) is 8.15. The van der Waals surface area contributed by atoms with Crippen molar-refractivity contribution in [2.75, 3.05) is 18.4 Å². The van der Waals surface area contributed by atoms with E-state index < -0.39 is 17.6 Å². The molecule has 2 aromatic rings. The zero-order chi connectivity index (χ0) is 18.3. The van der Waals surface area contributed by atoms with E-state index in [4.69, 9.17) is 11.6 Å². The molecular formula is C18H18ClF3N2O. The summed E-state index contributed by atoms with van der Waals surface area (Å²) in [7, 11) is 0. The Morgan fingerprint density at radius 1 is 1.04 bits per heavy atom. The van der Waals surface area contributed by atoms with E-state index in [2.05, 4.69) is 10.6 Å². The highest BCUT2D eigenvalue weighted by atomic mass is 35.5. The van der Waals surface area contributed by atoms with Crippen LogP contribution >= 0.6 is 11.6 Å². The third-order valence-corrected chi connectivity index (χ3v) is 3.86. The highest BCUT2D eigenvalue weighted by Crippen LogP contribution is 2.33. The number of anilines is 1. The van der Waals surface area contributed by atoms with Crippen LogP contribution in [0.1, 0.15) is 17.5 Å². The summed E-state index contributed by atoms with van der Waals surface area (Å²) in [4.78, 5) is 11.9. The van der Waals surface area contributed by atoms with Crippen molar-refractivity contribution in [2.24, 2.45) is 0 Å². The second-order valence-electron chi connectivity index (χ2n) is 5.48. The lowest BCUT2D eigenvalue weighted by molar-refractivity contribution is -0.137. The van der Waals surface area contributed by atoms with Crippen molar-refractivity contribution >= 4 is 23.2 Å². The number of halogens is 4. The fraction of sp³-hybridized carbons (Fsp3) is 0.278. The lowest BCUT2D eigenvalue weighted by Gasteiger charge is -2.12. The quantitative estimate of drug-likeness (QED) is 0.703. The molecule has 2 rings (SSSR count). The zero-order valence-electron chi connectivity index (χ0n) is 13.4. The van der Waals surface area contributed by atoms with E-state index in [1.165, 1.54) is 5.56 Å². The highest BCUT2D eigenvalue weighted by Gasteiger charge is 2.31. The maximum Gasteiger partial charge on any atom is 0.416 e. The molecular weight excluding hydrogens is 353 g/mol. The van der Waals surface area contributed by atoms with Crippen molar-refractivity contribution in [1.82, 2.24) is 5.32 Å². The number of nitrogens with one attached hydrogen (secondary N) is 2. The van der Waals surface area contributed by atoms with Crippen LogP contribution < -0.4 is 10.6 Å². The molecule has 0 aliphatic carbocycles. The monoisotopic (exact) mass is 370 g/mol. The summed E-state index contributed by atoms with van der Waals surface area (Å²) in [5.74, 6) is -0.395. The topological polar surface area (TPSA) is 41.1 Å². The van der Waals surface area contributed by atoms with Crippen LogP contribution in [0.5, 0.6) is 0 Å². The average Bonchev–Trinajstić information content (AvgIpc) is 2.56. The van der Waals surface area contributed by atoms with Gasteiger partial charge in [0.2, 0.25) is 5.91 Å². The summed E-state index contributed by atoms with van der Waals surface area (Å²) in [6, 6.07) is 12.7. The maximum atomic E-state index is 12.7. The predicted molar refractivity (Wildman–Crippen MR) is 92.7 cm³/mol. The first-order valence-electron chi connectivity index (χ1n) is 7.77. The zero-order valence-corrected chi connectivity index (χ0v) is 14.1. The normalized spacial score (nSPS) is 11.4. The van der Waals surface area contributed by atoms with E-state index in [9.17, 15) is 18.0 Å². The fourth-order valence-corrected chi connectivity index (χ4v) is 2.38. The van der Waals surface area contributed by atoms with Crippen molar-refractivity contribution in [2.45, 2.75) is 19.0 Å². The van der Waals surface area contributed by atoms with Crippen LogP contribution in [-0.4, -0.2) is 19.0 Å². The Labute approximate surface area is 149 Å². The Morgan fingerprint density at radius 2 is 1.76 bits per heavy atom. The number of alkyl halides is 3. The first-order chi connectivity index (χ1) is 11.9. The van der Waals surface area contributed by atoms with Crippen LogP contribution in [0.15, 0.2) is 48.5 Å². The van der Waals surface area contributed by atoms with Gasteiger partial charge in [0, 0.05) is 13.0 Å². The second-order valence-corrected chi connectivity index (χ2v) is 5.88. The molecule has 3 nitrogen and oxygen atoms in total. The van der Waals surface area contributed by atoms with Crippen molar-refractivity contribution in [3.05, 3.63) is 64.7 Å². The molecule has 0 spiro atoms. The number of hydrogen-bond acceptors (Lipinski definition) is 2. The van der Waals surface area contributed by atoms with E-state index in [0.717, 1.165) is 24.6 Å². The van der Waals surface area contributed by atoms with Gasteiger partial charge in [-0.1, -0.05) is 41.9 Å². The van der Waals surface area contributed by atoms with Crippen molar-refractivity contribution in [1.29, 1.82) is 0 Å². The standard InChI is InChI=1S/C18H18ClF3N2O/c19-15-7-6-14(18(20,21)22)12-16(15)24-17(25)9-11-23-10-8-13-4-2-1-3-5-13/h1-7,12,23H,8-11H2,(H,24,25). The van der Waals surface area contributed by atoms with Gasteiger partial charge < -0.3 is 10.6 Å². The molecule has 2 aromatic carbocycles. The molecule has 0 atom stereocenters. The summed E-state index contributed by atoms with van der Waals surface area (Å²) in [6.07, 6.45) is -3.51. The van der Waals surface area contributed by atoms with Crippen molar-refractivity contribution in [3.63, 3.8) is 0 Å². The van der Waals surface area contributed by atoms with E-state index in [1.54, 1.807) is 0 Å². The van der Waals surface area contributed by atoms with E-state index in [-0.39, 0.29) is 17.1 Å². The lowest BCUT2D eigenvalue weighted by Crippen LogP contribution is -2.23. The minimum Gasteiger partial charge on any atom is -0.325 e. The molecule has 7 heteroatoms. The van der Waals surface area contributed by atoms with Crippen LogP contribution in [0.4, 0.5) is 18.9 Å². The van der Waals surface area contributed by atoms with Gasteiger partial charge in [-0.25, -0.2) is 0 Å². The third kappa shape index (κ3) is 6.40. The summed E-state index contributed by atoms with van der Waals surface area (Å²) in [5, 5.41) is 5.62. The lowest BCUT2D eigenvalue weighted by atomic mass is 10.1. The molecule has 25 heavy (non-hydrogen) atoms.